The van der Waals surface area contributed by atoms with Crippen LogP contribution in [0.4, 0.5) is 0 Å². The zero-order chi connectivity index (χ0) is 21.9. The zero-order valence-electron chi connectivity index (χ0n) is 18.3. The maximum absolute atomic E-state index is 13.4. The normalized spacial score (nSPS) is 17.2. The largest absolute Gasteiger partial charge is 0.339 e. The van der Waals surface area contributed by atoms with E-state index in [0.29, 0.717) is 5.39 Å². The number of rotatable bonds is 5. The number of para-hydroxylation sites is 1. The van der Waals surface area contributed by atoms with Gasteiger partial charge in [-0.25, -0.2) is 4.98 Å². The van der Waals surface area contributed by atoms with E-state index >= 15 is 0 Å². The van der Waals surface area contributed by atoms with Gasteiger partial charge in [0, 0.05) is 30.4 Å². The highest BCUT2D eigenvalue weighted by atomic mass is 32.2. The van der Waals surface area contributed by atoms with E-state index in [1.165, 1.54) is 19.3 Å². The summed E-state index contributed by atoms with van der Waals surface area (Å²) in [7, 11) is 0. The number of hydrogen-bond donors (Lipinski definition) is 0. The van der Waals surface area contributed by atoms with Gasteiger partial charge in [0.2, 0.25) is 0 Å². The number of benzene rings is 2. The number of thioether (sulfide) groups is 1. The lowest BCUT2D eigenvalue weighted by atomic mass is 9.95. The number of likely N-dealkylation sites (tertiary alicyclic amines) is 1. The molecule has 1 amide bonds. The summed E-state index contributed by atoms with van der Waals surface area (Å²) < 4.78 is 1.96. The second kappa shape index (κ2) is 9.49. The highest BCUT2D eigenvalue weighted by Gasteiger charge is 2.22. The molecule has 1 aliphatic heterocycles. The van der Waals surface area contributed by atoms with Crippen LogP contribution in [0.15, 0.2) is 58.5 Å². The monoisotopic (exact) mass is 447 g/mol. The second-order valence-electron chi connectivity index (χ2n) is 8.86. The minimum absolute atomic E-state index is 0.0801. The molecule has 1 saturated heterocycles. The molecule has 2 fully saturated rings. The van der Waals surface area contributed by atoms with Crippen molar-refractivity contribution >= 4 is 28.6 Å². The van der Waals surface area contributed by atoms with Crippen molar-refractivity contribution in [3.8, 4) is 0 Å². The van der Waals surface area contributed by atoms with Gasteiger partial charge in [-0.15, -0.1) is 0 Å². The summed E-state index contributed by atoms with van der Waals surface area (Å²) in [6, 6.07) is 15.8. The van der Waals surface area contributed by atoms with Crippen molar-refractivity contribution in [1.29, 1.82) is 0 Å². The topological polar surface area (TPSA) is 55.2 Å². The third kappa shape index (κ3) is 4.33. The van der Waals surface area contributed by atoms with Gasteiger partial charge < -0.3 is 4.90 Å². The first-order valence-corrected chi connectivity index (χ1v) is 12.7. The summed E-state index contributed by atoms with van der Waals surface area (Å²) in [4.78, 5) is 32.8. The van der Waals surface area contributed by atoms with E-state index in [-0.39, 0.29) is 17.5 Å². The number of nitrogens with zero attached hydrogens (tertiary/aromatic N) is 3. The van der Waals surface area contributed by atoms with Crippen LogP contribution >= 0.6 is 11.8 Å². The zero-order valence-corrected chi connectivity index (χ0v) is 19.2. The fourth-order valence-electron chi connectivity index (χ4n) is 4.88. The molecule has 1 saturated carbocycles. The molecule has 5 rings (SSSR count). The Morgan fingerprint density at radius 3 is 2.41 bits per heavy atom. The fraction of sp³-hybridized carbons (Fsp3) is 0.423. The predicted octanol–water partition coefficient (Wildman–Crippen LogP) is 5.43. The highest BCUT2D eigenvalue weighted by Crippen LogP contribution is 2.32. The average molecular weight is 448 g/mol. The Bertz CT molecular complexity index is 1160. The van der Waals surface area contributed by atoms with E-state index in [1.807, 2.05) is 58.0 Å². The third-order valence-electron chi connectivity index (χ3n) is 6.68. The fourth-order valence-corrected chi connectivity index (χ4v) is 5.90. The molecule has 5 nitrogen and oxygen atoms in total. The van der Waals surface area contributed by atoms with Crippen LogP contribution in [0.25, 0.3) is 10.9 Å². The molecule has 0 spiro atoms. The predicted molar refractivity (Wildman–Crippen MR) is 129 cm³/mol. The number of carbonyl (C=O) groups is 1. The summed E-state index contributed by atoms with van der Waals surface area (Å²) in [6.45, 7) is 1.73. The SMILES string of the molecule is O=C(c1ccc(CSc2nc3ccccc3c(=O)n2C2CCCCC2)cc1)N1CCCC1. The van der Waals surface area contributed by atoms with Crippen molar-refractivity contribution in [2.75, 3.05) is 13.1 Å². The standard InChI is InChI=1S/C26H29N3O2S/c30-24(28-16-6-7-17-28)20-14-12-19(13-15-20)18-32-26-27-23-11-5-4-10-22(23)25(31)29(26)21-8-2-1-3-9-21/h4-5,10-15,21H,1-3,6-9,16-18H2. The van der Waals surface area contributed by atoms with Crippen LogP contribution in [0.2, 0.25) is 0 Å². The molecule has 0 atom stereocenters. The molecule has 2 aliphatic rings. The summed E-state index contributed by atoms with van der Waals surface area (Å²) in [5.41, 5.74) is 2.73. The summed E-state index contributed by atoms with van der Waals surface area (Å²) >= 11 is 1.62. The molecule has 6 heteroatoms. The van der Waals surface area contributed by atoms with Gasteiger partial charge in [0.1, 0.15) is 0 Å². The Morgan fingerprint density at radius 1 is 0.938 bits per heavy atom. The minimum Gasteiger partial charge on any atom is -0.339 e. The molecule has 32 heavy (non-hydrogen) atoms. The maximum atomic E-state index is 13.4. The van der Waals surface area contributed by atoms with E-state index in [0.717, 1.165) is 66.3 Å². The Kier molecular flexibility index (Phi) is 6.30. The Balaban J connectivity index is 1.38. The first-order valence-electron chi connectivity index (χ1n) is 11.7. The molecule has 0 unspecified atom stereocenters. The maximum Gasteiger partial charge on any atom is 0.262 e. The van der Waals surface area contributed by atoms with Crippen molar-refractivity contribution < 1.29 is 4.79 Å². The molecule has 0 N–H and O–H groups in total. The minimum atomic E-state index is 0.0801. The van der Waals surface area contributed by atoms with E-state index in [4.69, 9.17) is 4.98 Å². The van der Waals surface area contributed by atoms with Crippen molar-refractivity contribution in [3.63, 3.8) is 0 Å². The Labute approximate surface area is 192 Å². The van der Waals surface area contributed by atoms with Crippen LogP contribution in [-0.4, -0.2) is 33.4 Å². The van der Waals surface area contributed by atoms with Crippen LogP contribution in [0.5, 0.6) is 0 Å². The van der Waals surface area contributed by atoms with Crippen LogP contribution < -0.4 is 5.56 Å². The van der Waals surface area contributed by atoms with Gasteiger partial charge in [0.15, 0.2) is 5.16 Å². The first-order chi connectivity index (χ1) is 15.7. The molecule has 3 aromatic rings. The number of amides is 1. The van der Waals surface area contributed by atoms with Gasteiger partial charge in [-0.05, 0) is 55.5 Å². The van der Waals surface area contributed by atoms with Crippen molar-refractivity contribution in [2.24, 2.45) is 0 Å². The third-order valence-corrected chi connectivity index (χ3v) is 7.70. The van der Waals surface area contributed by atoms with E-state index in [1.54, 1.807) is 11.8 Å². The molecule has 1 aromatic heterocycles. The lowest BCUT2D eigenvalue weighted by Gasteiger charge is -2.26. The van der Waals surface area contributed by atoms with Crippen LogP contribution in [0.1, 0.15) is 66.9 Å². The summed E-state index contributed by atoms with van der Waals surface area (Å²) in [5, 5.41) is 1.50. The summed E-state index contributed by atoms with van der Waals surface area (Å²) in [5.74, 6) is 0.847. The molecule has 0 radical (unpaired) electrons. The van der Waals surface area contributed by atoms with Gasteiger partial charge in [-0.2, -0.15) is 0 Å². The van der Waals surface area contributed by atoms with Gasteiger partial charge in [0.05, 0.1) is 10.9 Å². The molecule has 2 aromatic carbocycles. The van der Waals surface area contributed by atoms with Crippen molar-refractivity contribution in [3.05, 3.63) is 70.0 Å². The number of fused-ring (bicyclic) bond motifs is 1. The van der Waals surface area contributed by atoms with Crippen LogP contribution in [-0.2, 0) is 5.75 Å². The quantitative estimate of drug-likeness (QED) is 0.387. The van der Waals surface area contributed by atoms with Gasteiger partial charge >= 0.3 is 0 Å². The molecular formula is C26H29N3O2S. The molecule has 166 valence electrons. The lowest BCUT2D eigenvalue weighted by molar-refractivity contribution is 0.0793. The van der Waals surface area contributed by atoms with E-state index in [9.17, 15) is 9.59 Å². The summed E-state index contributed by atoms with van der Waals surface area (Å²) in [6.07, 6.45) is 7.86. The highest BCUT2D eigenvalue weighted by molar-refractivity contribution is 7.98. The number of carbonyl (C=O) groups excluding carboxylic acids is 1. The molecule has 2 heterocycles. The van der Waals surface area contributed by atoms with Crippen LogP contribution in [0, 0.1) is 0 Å². The molecule has 1 aliphatic carbocycles. The Morgan fingerprint density at radius 2 is 1.66 bits per heavy atom. The number of hydrogen-bond acceptors (Lipinski definition) is 4. The van der Waals surface area contributed by atoms with Crippen molar-refractivity contribution in [1.82, 2.24) is 14.5 Å². The van der Waals surface area contributed by atoms with Gasteiger partial charge in [-0.1, -0.05) is 55.3 Å². The van der Waals surface area contributed by atoms with E-state index in [2.05, 4.69) is 0 Å². The Hall–Kier alpha value is -2.60. The first kappa shape index (κ1) is 21.3. The molecule has 0 bridgehead atoms. The van der Waals surface area contributed by atoms with E-state index < -0.39 is 0 Å². The van der Waals surface area contributed by atoms with Gasteiger partial charge in [-0.3, -0.25) is 14.2 Å². The smallest absolute Gasteiger partial charge is 0.262 e. The lowest BCUT2D eigenvalue weighted by Crippen LogP contribution is -2.29. The van der Waals surface area contributed by atoms with Gasteiger partial charge in [0.25, 0.3) is 11.5 Å². The second-order valence-corrected chi connectivity index (χ2v) is 9.81. The number of aromatic nitrogens is 2. The van der Waals surface area contributed by atoms with Crippen LogP contribution in [0.3, 0.4) is 0 Å². The average Bonchev–Trinajstić information content (AvgIpc) is 3.38. The molecular weight excluding hydrogens is 418 g/mol. The van der Waals surface area contributed by atoms with Crippen molar-refractivity contribution in [2.45, 2.75) is 61.9 Å².